The molecule has 4 heteroatoms. The van der Waals surface area contributed by atoms with Crippen molar-refractivity contribution >= 4 is 57.4 Å². The van der Waals surface area contributed by atoms with Crippen LogP contribution in [0.1, 0.15) is 26.2 Å². The first-order valence-electron chi connectivity index (χ1n) is 3.67. The van der Waals surface area contributed by atoms with Gasteiger partial charge in [-0.15, -0.1) is 0 Å². The molecular weight excluding hydrogens is 169 g/mol. The third-order valence-electron chi connectivity index (χ3n) is 1.18. The van der Waals surface area contributed by atoms with E-state index >= 15 is 0 Å². The van der Waals surface area contributed by atoms with Gasteiger partial charge in [-0.2, -0.15) is 0 Å². The average molecular weight is 185 g/mol. The van der Waals surface area contributed by atoms with Crippen LogP contribution in [0.3, 0.4) is 0 Å². The molecule has 0 spiro atoms. The van der Waals surface area contributed by atoms with Crippen molar-refractivity contribution in [2.75, 3.05) is 13.2 Å². The van der Waals surface area contributed by atoms with Crippen molar-refractivity contribution < 1.29 is 9.53 Å². The van der Waals surface area contributed by atoms with Gasteiger partial charge < -0.3 is 10.5 Å². The Morgan fingerprint density at radius 1 is 1.45 bits per heavy atom. The van der Waals surface area contributed by atoms with Gasteiger partial charge >= 0.3 is 57.4 Å². The second-order valence-corrected chi connectivity index (χ2v) is 2.13. The van der Waals surface area contributed by atoms with E-state index in [1.165, 1.54) is 0 Å². The SMILES string of the molecule is CCCCCOC(=O)CN.[KH]. The van der Waals surface area contributed by atoms with Crippen molar-refractivity contribution in [2.45, 2.75) is 26.2 Å². The van der Waals surface area contributed by atoms with E-state index in [4.69, 9.17) is 10.5 Å². The zero-order valence-corrected chi connectivity index (χ0v) is 6.43. The summed E-state index contributed by atoms with van der Waals surface area (Å²) in [6, 6.07) is 0. The van der Waals surface area contributed by atoms with E-state index < -0.39 is 0 Å². The number of carbonyl (C=O) groups excluding carboxylic acids is 1. The van der Waals surface area contributed by atoms with Gasteiger partial charge in [0.25, 0.3) is 0 Å². The summed E-state index contributed by atoms with van der Waals surface area (Å²) in [4.78, 5) is 10.4. The van der Waals surface area contributed by atoms with Gasteiger partial charge in [-0.3, -0.25) is 4.79 Å². The maximum atomic E-state index is 10.4. The Balaban J connectivity index is 0. The monoisotopic (exact) mass is 185 g/mol. The van der Waals surface area contributed by atoms with Gasteiger partial charge in [0.05, 0.1) is 13.2 Å². The minimum atomic E-state index is -0.309. The summed E-state index contributed by atoms with van der Waals surface area (Å²) in [7, 11) is 0. The molecule has 0 bridgehead atoms. The van der Waals surface area contributed by atoms with Crippen molar-refractivity contribution in [3.05, 3.63) is 0 Å². The van der Waals surface area contributed by atoms with Crippen LogP contribution in [-0.4, -0.2) is 70.5 Å². The number of rotatable bonds is 5. The number of unbranched alkanes of at least 4 members (excludes halogenated alkanes) is 2. The number of hydrogen-bond donors (Lipinski definition) is 1. The molecular formula is C7H16KNO2. The first kappa shape index (κ1) is 14.6. The normalized spacial score (nSPS) is 8.55. The van der Waals surface area contributed by atoms with Gasteiger partial charge in [-0.25, -0.2) is 0 Å². The fraction of sp³-hybridized carbons (Fsp3) is 0.857. The molecule has 2 N–H and O–H groups in total. The summed E-state index contributed by atoms with van der Waals surface area (Å²) >= 11 is 0. The summed E-state index contributed by atoms with van der Waals surface area (Å²) in [5.74, 6) is -0.309. The standard InChI is InChI=1S/C7H15NO2.K.H/c1-2-3-4-5-10-7(9)6-8;;/h2-6,8H2,1H3;;. The Morgan fingerprint density at radius 2 is 2.09 bits per heavy atom. The quantitative estimate of drug-likeness (QED) is 0.373. The van der Waals surface area contributed by atoms with E-state index in [1.807, 2.05) is 0 Å². The Hall–Kier alpha value is 1.07. The van der Waals surface area contributed by atoms with E-state index in [9.17, 15) is 4.79 Å². The van der Waals surface area contributed by atoms with Crippen LogP contribution < -0.4 is 5.73 Å². The van der Waals surface area contributed by atoms with Gasteiger partial charge in [-0.1, -0.05) is 19.8 Å². The number of esters is 1. The molecule has 62 valence electrons. The molecule has 0 atom stereocenters. The van der Waals surface area contributed by atoms with Crippen LogP contribution in [0, 0.1) is 0 Å². The molecule has 0 aromatic heterocycles. The van der Waals surface area contributed by atoms with Gasteiger partial charge in [-0.05, 0) is 6.42 Å². The summed E-state index contributed by atoms with van der Waals surface area (Å²) in [6.07, 6.45) is 3.19. The molecule has 11 heavy (non-hydrogen) atoms. The van der Waals surface area contributed by atoms with Crippen molar-refractivity contribution in [3.63, 3.8) is 0 Å². The zero-order valence-electron chi connectivity index (χ0n) is 6.43. The molecule has 0 aromatic rings. The van der Waals surface area contributed by atoms with Crippen molar-refractivity contribution in [3.8, 4) is 0 Å². The third-order valence-corrected chi connectivity index (χ3v) is 1.18. The van der Waals surface area contributed by atoms with Crippen LogP contribution in [0.15, 0.2) is 0 Å². The molecule has 0 aliphatic rings. The maximum absolute atomic E-state index is 10.4. The van der Waals surface area contributed by atoms with Crippen LogP contribution >= 0.6 is 0 Å². The molecule has 0 aliphatic carbocycles. The first-order valence-corrected chi connectivity index (χ1v) is 3.67. The fourth-order valence-corrected chi connectivity index (χ4v) is 0.597. The molecule has 0 fully saturated rings. The fourth-order valence-electron chi connectivity index (χ4n) is 0.597. The molecule has 3 nitrogen and oxygen atoms in total. The molecule has 0 radical (unpaired) electrons. The Morgan fingerprint density at radius 3 is 2.55 bits per heavy atom. The first-order chi connectivity index (χ1) is 4.81. The number of nitrogens with two attached hydrogens (primary N) is 1. The van der Waals surface area contributed by atoms with Gasteiger partial charge in [0.2, 0.25) is 0 Å². The van der Waals surface area contributed by atoms with E-state index in [1.54, 1.807) is 0 Å². The van der Waals surface area contributed by atoms with E-state index in [0.29, 0.717) is 6.61 Å². The van der Waals surface area contributed by atoms with E-state index in [2.05, 4.69) is 6.92 Å². The number of carbonyl (C=O) groups is 1. The van der Waals surface area contributed by atoms with Crippen molar-refractivity contribution in [1.29, 1.82) is 0 Å². The predicted molar refractivity (Wildman–Crippen MR) is 46.7 cm³/mol. The molecule has 0 saturated heterocycles. The predicted octanol–water partition coefficient (Wildman–Crippen LogP) is 0.0300. The Kier molecular flexibility index (Phi) is 14.7. The molecule has 0 saturated carbocycles. The van der Waals surface area contributed by atoms with Gasteiger partial charge in [0.1, 0.15) is 0 Å². The third kappa shape index (κ3) is 11.1. The molecule has 0 unspecified atom stereocenters. The summed E-state index contributed by atoms with van der Waals surface area (Å²) in [5.41, 5.74) is 5.01. The Labute approximate surface area is 110 Å². The van der Waals surface area contributed by atoms with Crippen molar-refractivity contribution in [2.24, 2.45) is 5.73 Å². The van der Waals surface area contributed by atoms with Crippen LogP contribution in [0.25, 0.3) is 0 Å². The van der Waals surface area contributed by atoms with Gasteiger partial charge in [0.15, 0.2) is 0 Å². The second kappa shape index (κ2) is 11.1. The summed E-state index contributed by atoms with van der Waals surface area (Å²) < 4.78 is 4.73. The summed E-state index contributed by atoms with van der Waals surface area (Å²) in [6.45, 7) is 2.61. The molecule has 0 amide bonds. The van der Waals surface area contributed by atoms with Crippen LogP contribution in [0.2, 0.25) is 0 Å². The average Bonchev–Trinajstić information content (AvgIpc) is 1.98. The number of hydrogen-bond acceptors (Lipinski definition) is 3. The van der Waals surface area contributed by atoms with E-state index in [0.717, 1.165) is 19.3 Å². The topological polar surface area (TPSA) is 52.3 Å². The van der Waals surface area contributed by atoms with E-state index in [-0.39, 0.29) is 63.9 Å². The molecule has 0 aliphatic heterocycles. The Bertz CT molecular complexity index is 98.4. The van der Waals surface area contributed by atoms with Crippen LogP contribution in [0.5, 0.6) is 0 Å². The second-order valence-electron chi connectivity index (χ2n) is 2.13. The molecule has 0 aromatic carbocycles. The minimum absolute atomic E-state index is 0. The van der Waals surface area contributed by atoms with Crippen LogP contribution in [0.4, 0.5) is 0 Å². The van der Waals surface area contributed by atoms with Crippen molar-refractivity contribution in [1.82, 2.24) is 0 Å². The van der Waals surface area contributed by atoms with Crippen LogP contribution in [-0.2, 0) is 9.53 Å². The number of ether oxygens (including phenoxy) is 1. The van der Waals surface area contributed by atoms with Gasteiger partial charge in [0, 0.05) is 0 Å². The molecule has 0 rings (SSSR count). The summed E-state index contributed by atoms with van der Waals surface area (Å²) in [5, 5.41) is 0. The molecule has 0 heterocycles. The zero-order chi connectivity index (χ0) is 7.82.